The van der Waals surface area contributed by atoms with Gasteiger partial charge < -0.3 is 10.2 Å². The van der Waals surface area contributed by atoms with E-state index in [0.29, 0.717) is 37.1 Å². The van der Waals surface area contributed by atoms with Crippen molar-refractivity contribution < 1.29 is 37.4 Å². The Labute approximate surface area is 227 Å². The van der Waals surface area contributed by atoms with Gasteiger partial charge in [-0.2, -0.15) is 0 Å². The number of benzene rings is 1. The molecular formula is C29H34FNO7S. The van der Waals surface area contributed by atoms with E-state index in [-0.39, 0.29) is 28.9 Å². The molecule has 3 saturated carbocycles. The zero-order valence-corrected chi connectivity index (χ0v) is 23.1. The minimum absolute atomic E-state index is 0.0432. The number of aliphatic hydroxyl groups is 2. The number of fused-ring (bicyclic) bond motifs is 7. The number of halogens is 1. The summed E-state index contributed by atoms with van der Waals surface area (Å²) in [6.07, 6.45) is 5.56. The van der Waals surface area contributed by atoms with Crippen LogP contribution in [0.2, 0.25) is 0 Å². The topological polar surface area (TPSA) is 121 Å². The first-order valence-corrected chi connectivity index (χ1v) is 15.3. The number of aliphatic hydroxyl groups excluding tert-OH is 2. The van der Waals surface area contributed by atoms with E-state index < -0.39 is 56.3 Å². The van der Waals surface area contributed by atoms with Crippen molar-refractivity contribution in [2.24, 2.45) is 28.6 Å². The highest BCUT2D eigenvalue weighted by Crippen LogP contribution is 2.72. The number of alkyl halides is 1. The number of ketones is 2. The van der Waals surface area contributed by atoms with Crippen LogP contribution in [0, 0.1) is 28.6 Å². The number of carbonyl (C=O) groups excluding carboxylic acids is 2. The minimum Gasteiger partial charge on any atom is -0.390 e. The fourth-order valence-electron chi connectivity index (χ4n) is 8.89. The van der Waals surface area contributed by atoms with E-state index >= 15 is 4.39 Å². The van der Waals surface area contributed by atoms with E-state index in [1.54, 1.807) is 30.2 Å². The fraction of sp³-hybridized carbons (Fsp3) is 0.586. The largest absolute Gasteiger partial charge is 0.390 e. The first kappa shape index (κ1) is 26.8. The Balaban J connectivity index is 1.39. The fourth-order valence-corrected chi connectivity index (χ4v) is 9.52. The van der Waals surface area contributed by atoms with Gasteiger partial charge in [0.1, 0.15) is 6.61 Å². The molecule has 0 unspecified atom stereocenters. The molecule has 4 aliphatic carbocycles. The van der Waals surface area contributed by atoms with E-state index in [2.05, 4.69) is 0 Å². The highest BCUT2D eigenvalue weighted by molar-refractivity contribution is 7.90. The van der Waals surface area contributed by atoms with Crippen molar-refractivity contribution in [2.45, 2.75) is 61.8 Å². The lowest BCUT2D eigenvalue weighted by Crippen LogP contribution is -2.69. The van der Waals surface area contributed by atoms with Gasteiger partial charge in [0.15, 0.2) is 32.7 Å². The standard InChI is InChI=1S/C29H34FNO7S/c1-26-11-10-20(33)12-17(26)4-9-22-23-13-18-15-31(19-5-7-21(8-6-19)39(3,36)37)38-29(18,25(35)16-32)27(23,2)14-24(34)28(22,26)30/h5-8,10-12,18,22-24,32,34H,4,9,13-16H2,1-3H3/t18-,22-,23-,24-,26-,27-,28-,29-/m0/s1. The van der Waals surface area contributed by atoms with Crippen molar-refractivity contribution in [3.8, 4) is 0 Å². The average molecular weight is 560 g/mol. The monoisotopic (exact) mass is 559 g/mol. The predicted molar refractivity (Wildman–Crippen MR) is 140 cm³/mol. The molecule has 0 bridgehead atoms. The van der Waals surface area contributed by atoms with Gasteiger partial charge in [0.25, 0.3) is 0 Å². The van der Waals surface area contributed by atoms with Gasteiger partial charge in [0.2, 0.25) is 0 Å². The molecule has 0 amide bonds. The van der Waals surface area contributed by atoms with Crippen LogP contribution in [0.15, 0.2) is 53.0 Å². The Morgan fingerprint density at radius 2 is 1.90 bits per heavy atom. The van der Waals surface area contributed by atoms with Gasteiger partial charge >= 0.3 is 0 Å². The maximum Gasteiger partial charge on any atom is 0.193 e. The number of allylic oxidation sites excluding steroid dienone is 4. The number of carbonyl (C=O) groups is 2. The van der Waals surface area contributed by atoms with Crippen LogP contribution in [0.1, 0.15) is 39.5 Å². The molecule has 6 rings (SSSR count). The number of hydrogen-bond donors (Lipinski definition) is 2. The molecule has 1 aromatic rings. The normalized spacial score (nSPS) is 42.9. The molecule has 10 heteroatoms. The number of rotatable bonds is 4. The molecule has 1 aromatic carbocycles. The van der Waals surface area contributed by atoms with Crippen molar-refractivity contribution in [1.82, 2.24) is 0 Å². The maximum atomic E-state index is 17.4. The summed E-state index contributed by atoms with van der Waals surface area (Å²) in [5.41, 5.74) is -4.35. The second-order valence-electron chi connectivity index (χ2n) is 12.4. The smallest absolute Gasteiger partial charge is 0.193 e. The number of anilines is 1. The molecule has 4 fully saturated rings. The lowest BCUT2D eigenvalue weighted by Gasteiger charge is -2.62. The Bertz CT molecular complexity index is 1420. The van der Waals surface area contributed by atoms with Crippen molar-refractivity contribution in [3.05, 3.63) is 48.1 Å². The molecule has 39 heavy (non-hydrogen) atoms. The lowest BCUT2D eigenvalue weighted by atomic mass is 9.44. The highest BCUT2D eigenvalue weighted by Gasteiger charge is 2.78. The molecule has 1 aliphatic heterocycles. The Kier molecular flexibility index (Phi) is 5.71. The van der Waals surface area contributed by atoms with Gasteiger partial charge in [-0.05, 0) is 74.9 Å². The van der Waals surface area contributed by atoms with Crippen LogP contribution in [0.5, 0.6) is 0 Å². The molecule has 1 heterocycles. The average Bonchev–Trinajstić information content (AvgIpc) is 3.38. The highest BCUT2D eigenvalue weighted by atomic mass is 32.2. The van der Waals surface area contributed by atoms with E-state index in [4.69, 9.17) is 4.84 Å². The first-order valence-electron chi connectivity index (χ1n) is 13.4. The first-order chi connectivity index (χ1) is 18.2. The number of nitrogens with zero attached hydrogens (tertiary/aromatic N) is 1. The molecule has 8 atom stereocenters. The van der Waals surface area contributed by atoms with Gasteiger partial charge in [0.05, 0.1) is 23.2 Å². The molecule has 1 saturated heterocycles. The van der Waals surface area contributed by atoms with Crippen molar-refractivity contribution in [1.29, 1.82) is 0 Å². The molecule has 0 radical (unpaired) electrons. The summed E-state index contributed by atoms with van der Waals surface area (Å²) in [4.78, 5) is 32.3. The molecule has 2 N–H and O–H groups in total. The van der Waals surface area contributed by atoms with E-state index in [0.717, 1.165) is 6.26 Å². The van der Waals surface area contributed by atoms with Crippen LogP contribution < -0.4 is 5.06 Å². The SMILES string of the molecule is C[C@]12C=CC(=O)C=C1CC[C@H]1[C@@H]3C[C@H]4CN(c5ccc(S(C)(=O)=O)cc5)O[C@@]4(C(=O)CO)[C@@]3(C)C[C@H](O)[C@@]12F. The third kappa shape index (κ3) is 3.29. The van der Waals surface area contributed by atoms with E-state index in [9.17, 15) is 28.2 Å². The maximum absolute atomic E-state index is 17.4. The second-order valence-corrected chi connectivity index (χ2v) is 14.4. The number of hydroxylamine groups is 1. The minimum atomic E-state index is -3.39. The third-order valence-corrected chi connectivity index (χ3v) is 11.9. The van der Waals surface area contributed by atoms with Gasteiger partial charge in [-0.15, -0.1) is 0 Å². The van der Waals surface area contributed by atoms with Crippen LogP contribution in [0.4, 0.5) is 10.1 Å². The molecular weight excluding hydrogens is 525 g/mol. The van der Waals surface area contributed by atoms with E-state index in [1.807, 2.05) is 6.92 Å². The number of hydrogen-bond acceptors (Lipinski definition) is 8. The summed E-state index contributed by atoms with van der Waals surface area (Å²) < 4.78 is 41.3. The van der Waals surface area contributed by atoms with Crippen LogP contribution >= 0.6 is 0 Å². The summed E-state index contributed by atoms with van der Waals surface area (Å²) in [6.45, 7) is 3.17. The van der Waals surface area contributed by atoms with E-state index in [1.165, 1.54) is 24.3 Å². The summed E-state index contributed by atoms with van der Waals surface area (Å²) in [7, 11) is -3.39. The summed E-state index contributed by atoms with van der Waals surface area (Å²) in [6, 6.07) is 6.18. The predicted octanol–water partition coefficient (Wildman–Crippen LogP) is 2.74. The molecule has 0 spiro atoms. The quantitative estimate of drug-likeness (QED) is 0.578. The Morgan fingerprint density at radius 3 is 2.54 bits per heavy atom. The zero-order chi connectivity index (χ0) is 28.2. The molecule has 0 aromatic heterocycles. The molecule has 5 aliphatic rings. The summed E-state index contributed by atoms with van der Waals surface area (Å²) in [5.74, 6) is -1.93. The van der Waals surface area contributed by atoms with Crippen LogP contribution in [0.3, 0.4) is 0 Å². The van der Waals surface area contributed by atoms with Gasteiger partial charge in [-0.25, -0.2) is 12.8 Å². The lowest BCUT2D eigenvalue weighted by molar-refractivity contribution is -0.223. The Hall–Kier alpha value is -2.40. The molecule has 210 valence electrons. The van der Waals surface area contributed by atoms with Crippen molar-refractivity contribution >= 4 is 27.1 Å². The van der Waals surface area contributed by atoms with Crippen molar-refractivity contribution in [2.75, 3.05) is 24.5 Å². The van der Waals surface area contributed by atoms with Gasteiger partial charge in [0, 0.05) is 28.9 Å². The van der Waals surface area contributed by atoms with Crippen LogP contribution in [-0.4, -0.2) is 67.0 Å². The molecule has 8 nitrogen and oxygen atoms in total. The van der Waals surface area contributed by atoms with Gasteiger partial charge in [-0.3, -0.25) is 19.5 Å². The zero-order valence-electron chi connectivity index (χ0n) is 22.3. The van der Waals surface area contributed by atoms with Crippen molar-refractivity contribution in [3.63, 3.8) is 0 Å². The third-order valence-electron chi connectivity index (χ3n) is 10.7. The second kappa shape index (κ2) is 8.31. The van der Waals surface area contributed by atoms with Crippen LogP contribution in [0.25, 0.3) is 0 Å². The number of sulfone groups is 1. The summed E-state index contributed by atoms with van der Waals surface area (Å²) >= 11 is 0. The Morgan fingerprint density at radius 1 is 1.21 bits per heavy atom. The number of Topliss-reactive ketones (excluding diaryl/α,β-unsaturated/α-hetero) is 1. The van der Waals surface area contributed by atoms with Gasteiger partial charge in [-0.1, -0.05) is 18.6 Å². The van der Waals surface area contributed by atoms with Crippen LogP contribution in [-0.2, 0) is 24.3 Å². The summed E-state index contributed by atoms with van der Waals surface area (Å²) in [5, 5.41) is 23.3.